The van der Waals surface area contributed by atoms with Gasteiger partial charge in [-0.25, -0.2) is 4.79 Å². The number of aromatic amines is 1. The fourth-order valence-corrected chi connectivity index (χ4v) is 2.93. The fourth-order valence-electron chi connectivity index (χ4n) is 2.93. The van der Waals surface area contributed by atoms with E-state index in [9.17, 15) is 19.2 Å². The second kappa shape index (κ2) is 8.34. The molecule has 3 N–H and O–H groups in total. The Morgan fingerprint density at radius 1 is 1.07 bits per heavy atom. The van der Waals surface area contributed by atoms with Crippen LogP contribution in [0.5, 0.6) is 0 Å². The van der Waals surface area contributed by atoms with Crippen LogP contribution in [0.2, 0.25) is 0 Å². The lowest BCUT2D eigenvalue weighted by atomic mass is 10.1. The molecule has 2 amide bonds. The number of nitrogens with zero attached hydrogens (tertiary/aromatic N) is 1. The third kappa shape index (κ3) is 4.17. The van der Waals surface area contributed by atoms with Crippen molar-refractivity contribution in [3.05, 3.63) is 80.5 Å². The molecule has 28 heavy (non-hydrogen) atoms. The molecule has 0 saturated heterocycles. The number of hydrogen-bond donors (Lipinski definition) is 3. The fraction of sp³-hybridized carbons (Fsp3) is 0.200. The third-order valence-corrected chi connectivity index (χ3v) is 4.37. The van der Waals surface area contributed by atoms with Crippen LogP contribution in [0.1, 0.15) is 22.3 Å². The number of aromatic nitrogens is 2. The van der Waals surface area contributed by atoms with Crippen molar-refractivity contribution >= 4 is 22.7 Å². The van der Waals surface area contributed by atoms with Gasteiger partial charge in [0.1, 0.15) is 0 Å². The Bertz CT molecular complexity index is 1150. The van der Waals surface area contributed by atoms with E-state index in [2.05, 4.69) is 15.6 Å². The van der Waals surface area contributed by atoms with E-state index in [1.807, 2.05) is 6.07 Å². The first-order valence-electron chi connectivity index (χ1n) is 8.79. The summed E-state index contributed by atoms with van der Waals surface area (Å²) in [4.78, 5) is 50.1. The molecule has 8 heteroatoms. The number of benzene rings is 2. The highest BCUT2D eigenvalue weighted by Gasteiger charge is 2.09. The first-order valence-corrected chi connectivity index (χ1v) is 8.79. The van der Waals surface area contributed by atoms with Crippen LogP contribution in [-0.4, -0.2) is 28.4 Å². The maximum Gasteiger partial charge on any atom is 0.328 e. The molecular weight excluding hydrogens is 360 g/mol. The summed E-state index contributed by atoms with van der Waals surface area (Å²) in [5.41, 5.74) is 0.802. The standard InChI is InChI=1S/C20H20N4O4/c1-21-18(26)14-6-4-5-13(11-14)12-22-17(25)9-10-24-16-8-3-2-7-15(16)19(27)23-20(24)28/h2-8,11H,9-10,12H2,1H3,(H,21,26)(H,22,25)(H,23,27,28). The maximum atomic E-state index is 12.2. The highest BCUT2D eigenvalue weighted by Crippen LogP contribution is 2.08. The maximum absolute atomic E-state index is 12.2. The minimum Gasteiger partial charge on any atom is -0.355 e. The van der Waals surface area contributed by atoms with Gasteiger partial charge in [-0.15, -0.1) is 0 Å². The van der Waals surface area contributed by atoms with Crippen LogP contribution in [0.4, 0.5) is 0 Å². The van der Waals surface area contributed by atoms with Gasteiger partial charge in [-0.1, -0.05) is 24.3 Å². The molecule has 8 nitrogen and oxygen atoms in total. The van der Waals surface area contributed by atoms with E-state index in [1.165, 1.54) is 4.57 Å². The molecule has 2 aromatic carbocycles. The molecule has 1 aromatic heterocycles. The molecule has 0 unspecified atom stereocenters. The Morgan fingerprint density at radius 2 is 1.86 bits per heavy atom. The lowest BCUT2D eigenvalue weighted by Gasteiger charge is -2.10. The molecule has 3 aromatic rings. The molecule has 0 aliphatic heterocycles. The number of amides is 2. The largest absolute Gasteiger partial charge is 0.355 e. The summed E-state index contributed by atoms with van der Waals surface area (Å²) < 4.78 is 1.38. The molecule has 0 radical (unpaired) electrons. The average Bonchev–Trinajstić information content (AvgIpc) is 2.71. The lowest BCUT2D eigenvalue weighted by molar-refractivity contribution is -0.121. The number of hydrogen-bond acceptors (Lipinski definition) is 4. The van der Waals surface area contributed by atoms with Gasteiger partial charge < -0.3 is 10.6 Å². The first kappa shape index (κ1) is 19.1. The van der Waals surface area contributed by atoms with Gasteiger partial charge in [-0.2, -0.15) is 0 Å². The SMILES string of the molecule is CNC(=O)c1cccc(CNC(=O)CCn2c(=O)[nH]c(=O)c3ccccc32)c1. The summed E-state index contributed by atoms with van der Waals surface area (Å²) in [5, 5.41) is 5.72. The second-order valence-electron chi connectivity index (χ2n) is 6.23. The number of carbonyl (C=O) groups is 2. The lowest BCUT2D eigenvalue weighted by Crippen LogP contribution is -2.32. The van der Waals surface area contributed by atoms with Crippen LogP contribution in [0, 0.1) is 0 Å². The Morgan fingerprint density at radius 3 is 2.64 bits per heavy atom. The molecule has 0 spiro atoms. The van der Waals surface area contributed by atoms with Crippen molar-refractivity contribution in [2.45, 2.75) is 19.5 Å². The van der Waals surface area contributed by atoms with Crippen molar-refractivity contribution in [1.82, 2.24) is 20.2 Å². The molecule has 0 atom stereocenters. The topological polar surface area (TPSA) is 113 Å². The molecule has 144 valence electrons. The van der Waals surface area contributed by atoms with Crippen molar-refractivity contribution < 1.29 is 9.59 Å². The van der Waals surface area contributed by atoms with Gasteiger partial charge in [-0.3, -0.25) is 23.9 Å². The Balaban J connectivity index is 1.66. The molecule has 0 aliphatic carbocycles. The second-order valence-corrected chi connectivity index (χ2v) is 6.23. The predicted molar refractivity (Wildman–Crippen MR) is 105 cm³/mol. The predicted octanol–water partition coefficient (Wildman–Crippen LogP) is 0.756. The van der Waals surface area contributed by atoms with Gasteiger partial charge in [-0.05, 0) is 29.8 Å². The van der Waals surface area contributed by atoms with Crippen LogP contribution in [0.3, 0.4) is 0 Å². The van der Waals surface area contributed by atoms with Crippen molar-refractivity contribution in [1.29, 1.82) is 0 Å². The van der Waals surface area contributed by atoms with Gasteiger partial charge in [0, 0.05) is 32.1 Å². The van der Waals surface area contributed by atoms with E-state index < -0.39 is 11.2 Å². The smallest absolute Gasteiger partial charge is 0.328 e. The molecule has 0 saturated carbocycles. The van der Waals surface area contributed by atoms with Gasteiger partial charge >= 0.3 is 5.69 Å². The average molecular weight is 380 g/mol. The number of H-pyrrole nitrogens is 1. The van der Waals surface area contributed by atoms with Crippen LogP contribution in [0.25, 0.3) is 10.9 Å². The zero-order chi connectivity index (χ0) is 20.1. The first-order chi connectivity index (χ1) is 13.5. The van der Waals surface area contributed by atoms with Crippen LogP contribution < -0.4 is 21.9 Å². The summed E-state index contributed by atoms with van der Waals surface area (Å²) in [6.45, 7) is 0.408. The monoisotopic (exact) mass is 380 g/mol. The van der Waals surface area contributed by atoms with E-state index in [1.54, 1.807) is 49.5 Å². The molecule has 0 bridgehead atoms. The molecule has 1 heterocycles. The summed E-state index contributed by atoms with van der Waals surface area (Å²) in [6.07, 6.45) is 0.0745. The Kier molecular flexibility index (Phi) is 5.69. The van der Waals surface area contributed by atoms with Crippen molar-refractivity contribution in [3.63, 3.8) is 0 Å². The quantitative estimate of drug-likeness (QED) is 0.586. The van der Waals surface area contributed by atoms with Crippen molar-refractivity contribution in [3.8, 4) is 0 Å². The zero-order valence-electron chi connectivity index (χ0n) is 15.3. The molecule has 3 rings (SSSR count). The van der Waals surface area contributed by atoms with Crippen LogP contribution in [-0.2, 0) is 17.9 Å². The van der Waals surface area contributed by atoms with Crippen LogP contribution in [0.15, 0.2) is 58.1 Å². The van der Waals surface area contributed by atoms with Gasteiger partial charge in [0.2, 0.25) is 5.91 Å². The Hall–Kier alpha value is -3.68. The van der Waals surface area contributed by atoms with E-state index in [-0.39, 0.29) is 31.3 Å². The normalized spacial score (nSPS) is 10.6. The number of fused-ring (bicyclic) bond motifs is 1. The number of rotatable bonds is 6. The molecular formula is C20H20N4O4. The van der Waals surface area contributed by atoms with Gasteiger partial charge in [0.05, 0.1) is 10.9 Å². The van der Waals surface area contributed by atoms with Crippen molar-refractivity contribution in [2.75, 3.05) is 7.05 Å². The van der Waals surface area contributed by atoms with Gasteiger partial charge in [0.25, 0.3) is 11.5 Å². The molecule has 0 fully saturated rings. The van der Waals surface area contributed by atoms with E-state index in [4.69, 9.17) is 0 Å². The van der Waals surface area contributed by atoms with Crippen LogP contribution >= 0.6 is 0 Å². The van der Waals surface area contributed by atoms with Gasteiger partial charge in [0.15, 0.2) is 0 Å². The number of carbonyl (C=O) groups excluding carboxylic acids is 2. The summed E-state index contributed by atoms with van der Waals surface area (Å²) in [7, 11) is 1.55. The highest BCUT2D eigenvalue weighted by molar-refractivity contribution is 5.94. The van der Waals surface area contributed by atoms with Crippen molar-refractivity contribution in [2.24, 2.45) is 0 Å². The third-order valence-electron chi connectivity index (χ3n) is 4.37. The Labute approximate surface area is 160 Å². The minimum atomic E-state index is -0.547. The molecule has 0 aliphatic rings. The minimum absolute atomic E-state index is 0.0745. The summed E-state index contributed by atoms with van der Waals surface area (Å²) >= 11 is 0. The summed E-state index contributed by atoms with van der Waals surface area (Å²) in [6, 6.07) is 13.7. The zero-order valence-corrected chi connectivity index (χ0v) is 15.3. The highest BCUT2D eigenvalue weighted by atomic mass is 16.2. The van der Waals surface area contributed by atoms with E-state index in [0.29, 0.717) is 16.5 Å². The number of para-hydroxylation sites is 1. The van der Waals surface area contributed by atoms with E-state index in [0.717, 1.165) is 5.56 Å². The summed E-state index contributed by atoms with van der Waals surface area (Å²) in [5.74, 6) is -0.440. The number of aryl methyl sites for hydroxylation is 1. The van der Waals surface area contributed by atoms with E-state index >= 15 is 0 Å². The number of nitrogens with one attached hydrogen (secondary N) is 3.